The molecule has 1 aromatic carbocycles. The molecule has 0 radical (unpaired) electrons. The minimum absolute atomic E-state index is 0.00893. The zero-order valence-electron chi connectivity index (χ0n) is 20.7. The lowest BCUT2D eigenvalue weighted by atomic mass is 9.96. The monoisotopic (exact) mass is 508 g/mol. The van der Waals surface area contributed by atoms with Crippen LogP contribution in [-0.2, 0) is 20.7 Å². The molecule has 1 N–H and O–H groups in total. The van der Waals surface area contributed by atoms with E-state index in [-0.39, 0.29) is 23.5 Å². The highest BCUT2D eigenvalue weighted by atomic mass is 35.5. The Morgan fingerprint density at radius 1 is 1.14 bits per heavy atom. The average Bonchev–Trinajstić information content (AvgIpc) is 3.78. The lowest BCUT2D eigenvalue weighted by Crippen LogP contribution is -2.34. The molecule has 36 heavy (non-hydrogen) atoms. The maximum absolute atomic E-state index is 12.9. The Kier molecular flexibility index (Phi) is 7.33. The smallest absolute Gasteiger partial charge is 0.305 e. The fourth-order valence-corrected chi connectivity index (χ4v) is 5.46. The third-order valence-electron chi connectivity index (χ3n) is 7.34. The Morgan fingerprint density at radius 3 is 2.61 bits per heavy atom. The van der Waals surface area contributed by atoms with Crippen LogP contribution in [0.25, 0.3) is 5.57 Å². The van der Waals surface area contributed by atoms with Crippen molar-refractivity contribution in [1.82, 2.24) is 9.88 Å². The van der Waals surface area contributed by atoms with E-state index in [9.17, 15) is 14.4 Å². The third kappa shape index (κ3) is 5.59. The summed E-state index contributed by atoms with van der Waals surface area (Å²) < 4.78 is 5.01. The largest absolute Gasteiger partial charge is 0.466 e. The number of benzene rings is 1. The lowest BCUT2D eigenvalue weighted by Gasteiger charge is -2.23. The van der Waals surface area contributed by atoms with E-state index in [2.05, 4.69) is 11.1 Å². The molecule has 1 atom stereocenters. The summed E-state index contributed by atoms with van der Waals surface area (Å²) in [5.74, 6) is 0.391. The maximum atomic E-state index is 12.9. The summed E-state index contributed by atoms with van der Waals surface area (Å²) in [4.78, 5) is 42.2. The van der Waals surface area contributed by atoms with Gasteiger partial charge in [0.1, 0.15) is 0 Å². The summed E-state index contributed by atoms with van der Waals surface area (Å²) in [7, 11) is 0. The molecule has 190 valence electrons. The molecule has 1 aromatic heterocycles. The molecule has 1 aliphatic heterocycles. The Balaban J connectivity index is 1.44. The van der Waals surface area contributed by atoms with Crippen molar-refractivity contribution in [2.24, 2.45) is 0 Å². The molecule has 0 unspecified atom stereocenters. The lowest BCUT2D eigenvalue weighted by molar-refractivity contribution is -0.143. The Morgan fingerprint density at radius 2 is 1.94 bits per heavy atom. The van der Waals surface area contributed by atoms with Crippen LogP contribution in [-0.4, -0.2) is 40.5 Å². The van der Waals surface area contributed by atoms with Crippen LogP contribution < -0.4 is 5.56 Å². The van der Waals surface area contributed by atoms with Crippen LogP contribution in [0.3, 0.4) is 0 Å². The first-order valence-electron chi connectivity index (χ1n) is 13.2. The molecule has 2 aromatic rings. The first-order valence-corrected chi connectivity index (χ1v) is 13.5. The van der Waals surface area contributed by atoms with E-state index >= 15 is 0 Å². The molecule has 6 nitrogen and oxygen atoms in total. The summed E-state index contributed by atoms with van der Waals surface area (Å²) in [5, 5.41) is 0.626. The summed E-state index contributed by atoms with van der Waals surface area (Å²) in [6, 6.07) is 10.2. The van der Waals surface area contributed by atoms with Gasteiger partial charge in [-0.05, 0) is 81.0 Å². The van der Waals surface area contributed by atoms with Gasteiger partial charge in [0.25, 0.3) is 5.56 Å². The quantitative estimate of drug-likeness (QED) is 0.437. The van der Waals surface area contributed by atoms with Crippen LogP contribution in [0, 0.1) is 0 Å². The molecule has 2 aliphatic carbocycles. The van der Waals surface area contributed by atoms with Crippen molar-refractivity contribution in [1.29, 1.82) is 0 Å². The van der Waals surface area contributed by atoms with Gasteiger partial charge < -0.3 is 14.6 Å². The normalized spacial score (nSPS) is 20.2. The number of hydrogen-bond donors (Lipinski definition) is 1. The van der Waals surface area contributed by atoms with E-state index in [4.69, 9.17) is 16.3 Å². The van der Waals surface area contributed by atoms with E-state index in [0.29, 0.717) is 49.3 Å². The number of pyridine rings is 1. The topological polar surface area (TPSA) is 79.5 Å². The van der Waals surface area contributed by atoms with Crippen molar-refractivity contribution in [3.63, 3.8) is 0 Å². The van der Waals surface area contributed by atoms with Crippen molar-refractivity contribution in [2.45, 2.75) is 82.7 Å². The fraction of sp³-hybridized carbons (Fsp3) is 0.483. The summed E-state index contributed by atoms with van der Waals surface area (Å²) in [6.45, 7) is 2.19. The number of nitrogens with zero attached hydrogens (tertiary/aromatic N) is 1. The van der Waals surface area contributed by atoms with Crippen molar-refractivity contribution in [3.05, 3.63) is 74.2 Å². The SMILES string of the molecule is CCOC(=O)CCCc1ccc(/C(=C\[C@H]2CCC(=O)N2C2CC2)c2ccc(C3CC3)c(=O)[nH]2)cc1Cl. The van der Waals surface area contributed by atoms with E-state index in [1.807, 2.05) is 35.2 Å². The number of aromatic amines is 1. The highest BCUT2D eigenvalue weighted by Crippen LogP contribution is 2.39. The van der Waals surface area contributed by atoms with Crippen molar-refractivity contribution >= 4 is 29.1 Å². The van der Waals surface area contributed by atoms with Crippen molar-refractivity contribution < 1.29 is 14.3 Å². The molecular formula is C29H33ClN2O4. The predicted molar refractivity (Wildman–Crippen MR) is 140 cm³/mol. The van der Waals surface area contributed by atoms with E-state index in [1.165, 1.54) is 0 Å². The number of ether oxygens (including phenoxy) is 1. The molecule has 2 heterocycles. The summed E-state index contributed by atoms with van der Waals surface area (Å²) in [5.41, 5.74) is 4.31. The van der Waals surface area contributed by atoms with Crippen LogP contribution in [0.2, 0.25) is 5.02 Å². The number of amides is 1. The van der Waals surface area contributed by atoms with Gasteiger partial charge >= 0.3 is 5.97 Å². The number of esters is 1. The van der Waals surface area contributed by atoms with Gasteiger partial charge in [0.05, 0.1) is 12.6 Å². The molecule has 2 saturated carbocycles. The fourth-order valence-electron chi connectivity index (χ4n) is 5.18. The number of nitrogens with one attached hydrogen (secondary N) is 1. The Bertz CT molecular complexity index is 1240. The van der Waals surface area contributed by atoms with Crippen LogP contribution >= 0.6 is 11.6 Å². The molecule has 7 heteroatoms. The van der Waals surface area contributed by atoms with Crippen LogP contribution in [0.4, 0.5) is 0 Å². The molecular weight excluding hydrogens is 476 g/mol. The second-order valence-corrected chi connectivity index (χ2v) is 10.5. The number of carbonyl (C=O) groups excluding carboxylic acids is 2. The first kappa shape index (κ1) is 24.8. The highest BCUT2D eigenvalue weighted by molar-refractivity contribution is 6.31. The zero-order chi connectivity index (χ0) is 25.2. The number of aryl methyl sites for hydroxylation is 1. The van der Waals surface area contributed by atoms with E-state index in [0.717, 1.165) is 60.1 Å². The van der Waals surface area contributed by atoms with Crippen molar-refractivity contribution in [2.75, 3.05) is 6.61 Å². The van der Waals surface area contributed by atoms with E-state index < -0.39 is 0 Å². The highest BCUT2D eigenvalue weighted by Gasteiger charge is 2.40. The van der Waals surface area contributed by atoms with Gasteiger partial charge in [-0.15, -0.1) is 0 Å². The average molecular weight is 509 g/mol. The third-order valence-corrected chi connectivity index (χ3v) is 7.69. The van der Waals surface area contributed by atoms with Gasteiger partial charge in [-0.2, -0.15) is 0 Å². The first-order chi connectivity index (χ1) is 17.4. The van der Waals surface area contributed by atoms with Gasteiger partial charge in [-0.25, -0.2) is 0 Å². The Labute approximate surface area is 216 Å². The van der Waals surface area contributed by atoms with Crippen molar-refractivity contribution in [3.8, 4) is 0 Å². The minimum Gasteiger partial charge on any atom is -0.466 e. The molecule has 3 aliphatic rings. The molecule has 1 saturated heterocycles. The van der Waals surface area contributed by atoms with Gasteiger partial charge in [0, 0.05) is 40.7 Å². The molecule has 0 bridgehead atoms. The van der Waals surface area contributed by atoms with Crippen LogP contribution in [0.1, 0.15) is 86.6 Å². The second kappa shape index (κ2) is 10.6. The molecule has 0 spiro atoms. The van der Waals surface area contributed by atoms with Gasteiger partial charge in [0.15, 0.2) is 0 Å². The van der Waals surface area contributed by atoms with Crippen LogP contribution in [0.5, 0.6) is 0 Å². The summed E-state index contributed by atoms with van der Waals surface area (Å²) in [6.07, 6.45) is 9.43. The predicted octanol–water partition coefficient (Wildman–Crippen LogP) is 5.38. The van der Waals surface area contributed by atoms with Gasteiger partial charge in [0.2, 0.25) is 5.91 Å². The summed E-state index contributed by atoms with van der Waals surface area (Å²) >= 11 is 6.69. The number of rotatable bonds is 10. The van der Waals surface area contributed by atoms with E-state index in [1.54, 1.807) is 6.92 Å². The zero-order valence-corrected chi connectivity index (χ0v) is 21.5. The molecule has 3 fully saturated rings. The maximum Gasteiger partial charge on any atom is 0.305 e. The Hall–Kier alpha value is -2.86. The van der Waals surface area contributed by atoms with Gasteiger partial charge in [-0.3, -0.25) is 14.4 Å². The molecule has 1 amide bonds. The number of hydrogen-bond acceptors (Lipinski definition) is 4. The minimum atomic E-state index is -0.194. The number of likely N-dealkylation sites (tertiary alicyclic amines) is 1. The number of H-pyrrole nitrogens is 1. The second-order valence-electron chi connectivity index (χ2n) is 10.1. The molecule has 5 rings (SSSR count). The standard InChI is InChI=1S/C29H33ClN2O4/c1-2-36-28(34)5-3-4-19-8-9-20(16-25(19)30)24(17-22-12-15-27(33)32(22)21-10-11-21)26-14-13-23(18-6-7-18)29(35)31-26/h8-9,13-14,16-18,21-22H,2-7,10-12,15H2,1H3,(H,31,35)/b24-17+/t22-/m1/s1. The number of halogens is 1. The number of aromatic nitrogens is 1. The number of carbonyl (C=O) groups is 2. The van der Waals surface area contributed by atoms with Crippen LogP contribution in [0.15, 0.2) is 41.2 Å². The van der Waals surface area contributed by atoms with Gasteiger partial charge in [-0.1, -0.05) is 35.9 Å².